The summed E-state index contributed by atoms with van der Waals surface area (Å²) in [6.07, 6.45) is 5.15. The summed E-state index contributed by atoms with van der Waals surface area (Å²) in [5.41, 5.74) is 4.35. The maximum absolute atomic E-state index is 13.3. The first kappa shape index (κ1) is 16.5. The molecular formula is C19H20FN5O. The van der Waals surface area contributed by atoms with Crippen LogP contribution in [0.2, 0.25) is 0 Å². The number of aromatic amines is 2. The van der Waals surface area contributed by atoms with Gasteiger partial charge in [0.15, 0.2) is 0 Å². The largest absolute Gasteiger partial charge is 0.360 e. The number of amides is 1. The molecule has 0 saturated carbocycles. The van der Waals surface area contributed by atoms with Crippen LogP contribution in [-0.4, -0.2) is 44.1 Å². The number of aryl methyl sites for hydroxylation is 1. The van der Waals surface area contributed by atoms with Crippen LogP contribution < -0.4 is 0 Å². The number of piperidine rings is 1. The van der Waals surface area contributed by atoms with Crippen LogP contribution >= 0.6 is 0 Å². The molecule has 26 heavy (non-hydrogen) atoms. The minimum atomic E-state index is -0.635. The SMILES string of the molecule is Cc1c[nH]c(-c2cc([C@H]3CCCN(C(=O)c4ccnc(F)c4)C3)[nH]n2)c1. The molecule has 1 fully saturated rings. The highest BCUT2D eigenvalue weighted by molar-refractivity contribution is 5.94. The van der Waals surface area contributed by atoms with Gasteiger partial charge in [0, 0.05) is 48.7 Å². The number of likely N-dealkylation sites (tertiary alicyclic amines) is 1. The van der Waals surface area contributed by atoms with E-state index in [1.54, 1.807) is 11.0 Å². The zero-order valence-electron chi connectivity index (χ0n) is 14.5. The number of pyridine rings is 1. The first-order valence-corrected chi connectivity index (χ1v) is 8.71. The van der Waals surface area contributed by atoms with Crippen LogP contribution in [0.3, 0.4) is 0 Å². The van der Waals surface area contributed by atoms with Gasteiger partial charge in [-0.3, -0.25) is 9.89 Å². The second-order valence-corrected chi connectivity index (χ2v) is 6.76. The Morgan fingerprint density at radius 3 is 3.00 bits per heavy atom. The molecule has 134 valence electrons. The molecule has 1 amide bonds. The summed E-state index contributed by atoms with van der Waals surface area (Å²) in [5, 5.41) is 7.51. The lowest BCUT2D eigenvalue weighted by atomic mass is 9.94. The van der Waals surface area contributed by atoms with Gasteiger partial charge in [0.1, 0.15) is 5.69 Å². The Kier molecular flexibility index (Phi) is 4.28. The minimum absolute atomic E-state index is 0.157. The molecule has 3 aromatic rings. The summed E-state index contributed by atoms with van der Waals surface area (Å²) in [6, 6.07) is 6.83. The van der Waals surface area contributed by atoms with Gasteiger partial charge in [0.05, 0.1) is 5.69 Å². The summed E-state index contributed by atoms with van der Waals surface area (Å²) in [4.78, 5) is 21.2. The second-order valence-electron chi connectivity index (χ2n) is 6.76. The van der Waals surface area contributed by atoms with Gasteiger partial charge in [-0.1, -0.05) is 0 Å². The number of nitrogens with zero attached hydrogens (tertiary/aromatic N) is 3. The molecule has 0 spiro atoms. The van der Waals surface area contributed by atoms with E-state index in [0.29, 0.717) is 18.7 Å². The Morgan fingerprint density at radius 1 is 1.35 bits per heavy atom. The van der Waals surface area contributed by atoms with E-state index >= 15 is 0 Å². The Bertz CT molecular complexity index is 931. The van der Waals surface area contributed by atoms with E-state index in [1.165, 1.54) is 12.3 Å². The molecular weight excluding hydrogens is 333 g/mol. The molecule has 0 bridgehead atoms. The summed E-state index contributed by atoms with van der Waals surface area (Å²) in [6.45, 7) is 3.30. The molecule has 0 radical (unpaired) electrons. The van der Waals surface area contributed by atoms with Gasteiger partial charge in [-0.2, -0.15) is 9.49 Å². The van der Waals surface area contributed by atoms with Crippen molar-refractivity contribution in [3.63, 3.8) is 0 Å². The molecule has 4 heterocycles. The molecule has 1 aliphatic rings. The highest BCUT2D eigenvalue weighted by atomic mass is 19.1. The molecule has 0 aromatic carbocycles. The number of aromatic nitrogens is 4. The number of halogens is 1. The van der Waals surface area contributed by atoms with Gasteiger partial charge in [-0.15, -0.1) is 0 Å². The minimum Gasteiger partial charge on any atom is -0.360 e. The number of hydrogen-bond acceptors (Lipinski definition) is 3. The lowest BCUT2D eigenvalue weighted by molar-refractivity contribution is 0.0705. The number of carbonyl (C=O) groups excluding carboxylic acids is 1. The number of rotatable bonds is 3. The van der Waals surface area contributed by atoms with Gasteiger partial charge in [0.25, 0.3) is 5.91 Å². The third-order valence-corrected chi connectivity index (χ3v) is 4.82. The Hall–Kier alpha value is -2.96. The molecule has 3 aromatic heterocycles. The fraction of sp³-hybridized carbons (Fsp3) is 0.316. The normalized spacial score (nSPS) is 17.5. The standard InChI is InChI=1S/C19H20FN5O/c1-12-7-16(22-10-12)17-9-15(23-24-17)14-3-2-6-25(11-14)19(26)13-4-5-21-18(20)8-13/h4-5,7-10,14,22H,2-3,6,11H2,1H3,(H,23,24)/t14-/m0/s1. The molecule has 1 saturated heterocycles. The van der Waals surface area contributed by atoms with E-state index in [1.807, 2.05) is 19.2 Å². The highest BCUT2D eigenvalue weighted by Gasteiger charge is 2.27. The lowest BCUT2D eigenvalue weighted by Crippen LogP contribution is -2.39. The molecule has 0 unspecified atom stereocenters. The van der Waals surface area contributed by atoms with Crippen LogP contribution in [-0.2, 0) is 0 Å². The van der Waals surface area contributed by atoms with Crippen molar-refractivity contribution in [2.24, 2.45) is 0 Å². The molecule has 2 N–H and O–H groups in total. The van der Waals surface area contributed by atoms with Crippen molar-refractivity contribution in [1.82, 2.24) is 25.1 Å². The van der Waals surface area contributed by atoms with E-state index < -0.39 is 5.95 Å². The van der Waals surface area contributed by atoms with Crippen molar-refractivity contribution in [1.29, 1.82) is 0 Å². The molecule has 1 atom stereocenters. The number of H-pyrrole nitrogens is 2. The summed E-state index contributed by atoms with van der Waals surface area (Å²) in [5.74, 6) is -0.601. The van der Waals surface area contributed by atoms with Crippen molar-refractivity contribution in [3.8, 4) is 11.4 Å². The van der Waals surface area contributed by atoms with Crippen molar-refractivity contribution in [2.75, 3.05) is 13.1 Å². The zero-order chi connectivity index (χ0) is 18.1. The fourth-order valence-electron chi connectivity index (χ4n) is 3.47. The van der Waals surface area contributed by atoms with Crippen LogP contribution in [0.4, 0.5) is 4.39 Å². The Balaban J connectivity index is 1.50. The number of carbonyl (C=O) groups is 1. The third kappa shape index (κ3) is 3.24. The monoisotopic (exact) mass is 353 g/mol. The Morgan fingerprint density at radius 2 is 2.23 bits per heavy atom. The van der Waals surface area contributed by atoms with Crippen LogP contribution in [0.25, 0.3) is 11.4 Å². The van der Waals surface area contributed by atoms with E-state index in [-0.39, 0.29) is 11.8 Å². The zero-order valence-corrected chi connectivity index (χ0v) is 14.5. The first-order chi connectivity index (χ1) is 12.6. The van der Waals surface area contributed by atoms with Crippen molar-refractivity contribution in [2.45, 2.75) is 25.7 Å². The van der Waals surface area contributed by atoms with Gasteiger partial charge in [-0.05, 0) is 43.5 Å². The molecule has 4 rings (SSSR count). The molecule has 0 aliphatic carbocycles. The summed E-state index contributed by atoms with van der Waals surface area (Å²) < 4.78 is 13.3. The Labute approximate surface area is 150 Å². The van der Waals surface area contributed by atoms with Crippen molar-refractivity contribution in [3.05, 3.63) is 59.4 Å². The van der Waals surface area contributed by atoms with Crippen molar-refractivity contribution >= 4 is 5.91 Å². The number of nitrogens with one attached hydrogen (secondary N) is 2. The summed E-state index contributed by atoms with van der Waals surface area (Å²) >= 11 is 0. The van der Waals surface area contributed by atoms with Gasteiger partial charge >= 0.3 is 0 Å². The first-order valence-electron chi connectivity index (χ1n) is 8.71. The predicted octanol–water partition coefficient (Wildman–Crippen LogP) is 3.27. The lowest BCUT2D eigenvalue weighted by Gasteiger charge is -2.32. The fourth-order valence-corrected chi connectivity index (χ4v) is 3.47. The molecule has 1 aliphatic heterocycles. The highest BCUT2D eigenvalue weighted by Crippen LogP contribution is 2.29. The third-order valence-electron chi connectivity index (χ3n) is 4.82. The van der Waals surface area contributed by atoms with Crippen LogP contribution in [0.5, 0.6) is 0 Å². The average Bonchev–Trinajstić information content (AvgIpc) is 3.30. The van der Waals surface area contributed by atoms with Crippen molar-refractivity contribution < 1.29 is 9.18 Å². The molecule has 7 heteroatoms. The maximum atomic E-state index is 13.3. The van der Waals surface area contributed by atoms with E-state index in [2.05, 4.69) is 26.2 Å². The van der Waals surface area contributed by atoms with Crippen LogP contribution in [0.15, 0.2) is 36.7 Å². The van der Waals surface area contributed by atoms with E-state index in [0.717, 1.165) is 35.5 Å². The van der Waals surface area contributed by atoms with E-state index in [9.17, 15) is 9.18 Å². The summed E-state index contributed by atoms with van der Waals surface area (Å²) in [7, 11) is 0. The molecule has 6 nitrogen and oxygen atoms in total. The second kappa shape index (κ2) is 6.74. The maximum Gasteiger partial charge on any atom is 0.254 e. The smallest absolute Gasteiger partial charge is 0.254 e. The van der Waals surface area contributed by atoms with Gasteiger partial charge in [-0.25, -0.2) is 4.98 Å². The van der Waals surface area contributed by atoms with E-state index in [4.69, 9.17) is 0 Å². The van der Waals surface area contributed by atoms with Gasteiger partial charge in [0.2, 0.25) is 5.95 Å². The predicted molar refractivity (Wildman–Crippen MR) is 95.2 cm³/mol. The van der Waals surface area contributed by atoms with Crippen LogP contribution in [0.1, 0.15) is 40.4 Å². The average molecular weight is 353 g/mol. The van der Waals surface area contributed by atoms with Gasteiger partial charge < -0.3 is 9.88 Å². The number of hydrogen-bond donors (Lipinski definition) is 2. The quantitative estimate of drug-likeness (QED) is 0.710. The van der Waals surface area contributed by atoms with Crippen LogP contribution in [0, 0.1) is 12.9 Å². The topological polar surface area (TPSA) is 77.7 Å².